The van der Waals surface area contributed by atoms with E-state index in [1.165, 1.54) is 31.2 Å². The van der Waals surface area contributed by atoms with Gasteiger partial charge >= 0.3 is 0 Å². The van der Waals surface area contributed by atoms with E-state index in [0.717, 1.165) is 24.8 Å². The molecule has 2 rings (SSSR count). The van der Waals surface area contributed by atoms with Gasteiger partial charge in [0, 0.05) is 12.6 Å². The van der Waals surface area contributed by atoms with Crippen molar-refractivity contribution in [3.63, 3.8) is 0 Å². The van der Waals surface area contributed by atoms with Crippen molar-refractivity contribution in [3.05, 3.63) is 29.8 Å². The van der Waals surface area contributed by atoms with Gasteiger partial charge in [-0.3, -0.25) is 4.90 Å². The Balaban J connectivity index is 2.03. The third-order valence-electron chi connectivity index (χ3n) is 5.08. The quantitative estimate of drug-likeness (QED) is 0.874. The van der Waals surface area contributed by atoms with Crippen LogP contribution in [0.15, 0.2) is 24.3 Å². The average Bonchev–Trinajstić information content (AvgIpc) is 2.54. The summed E-state index contributed by atoms with van der Waals surface area (Å²) in [5.41, 5.74) is 7.32. The first-order valence-electron chi connectivity index (χ1n) is 8.21. The van der Waals surface area contributed by atoms with Crippen LogP contribution in [0.2, 0.25) is 0 Å². The fourth-order valence-electron chi connectivity index (χ4n) is 3.66. The van der Waals surface area contributed by atoms with Crippen LogP contribution in [0, 0.1) is 11.8 Å². The second-order valence-electron chi connectivity index (χ2n) is 6.42. The lowest BCUT2D eigenvalue weighted by Crippen LogP contribution is -2.44. The molecule has 1 aromatic carbocycles. The van der Waals surface area contributed by atoms with Gasteiger partial charge in [-0.05, 0) is 56.0 Å². The molecule has 0 spiro atoms. The number of rotatable bonds is 6. The smallest absolute Gasteiger partial charge is 0.119 e. The standard InChI is InChI=1S/C18H30N2O/c1-4-14-8-9-16(12-19)18(11-14)20(2)13-15-6-5-7-17(10-15)21-3/h5-7,10,14,16,18H,4,8-9,11-13,19H2,1-3H3. The SMILES string of the molecule is CCC1CCC(CN)C(N(C)Cc2cccc(OC)c2)C1. The Morgan fingerprint density at radius 1 is 1.33 bits per heavy atom. The zero-order valence-corrected chi connectivity index (χ0v) is 13.7. The number of nitrogens with zero attached hydrogens (tertiary/aromatic N) is 1. The molecule has 0 bridgehead atoms. The maximum Gasteiger partial charge on any atom is 0.119 e. The van der Waals surface area contributed by atoms with Crippen LogP contribution >= 0.6 is 0 Å². The van der Waals surface area contributed by atoms with Gasteiger partial charge in [0.05, 0.1) is 7.11 Å². The molecule has 0 heterocycles. The molecule has 3 atom stereocenters. The Bertz CT molecular complexity index is 435. The van der Waals surface area contributed by atoms with Crippen molar-refractivity contribution in [1.82, 2.24) is 4.90 Å². The second-order valence-corrected chi connectivity index (χ2v) is 6.42. The van der Waals surface area contributed by atoms with E-state index in [2.05, 4.69) is 37.1 Å². The van der Waals surface area contributed by atoms with Crippen molar-refractivity contribution in [2.24, 2.45) is 17.6 Å². The predicted octanol–water partition coefficient (Wildman–Crippen LogP) is 3.28. The van der Waals surface area contributed by atoms with Crippen molar-refractivity contribution in [2.75, 3.05) is 20.7 Å². The molecule has 3 heteroatoms. The van der Waals surface area contributed by atoms with Gasteiger partial charge in [0.2, 0.25) is 0 Å². The maximum absolute atomic E-state index is 6.01. The van der Waals surface area contributed by atoms with Crippen LogP contribution in [0.25, 0.3) is 0 Å². The average molecular weight is 290 g/mol. The maximum atomic E-state index is 6.01. The number of ether oxygens (including phenoxy) is 1. The molecule has 1 aromatic rings. The van der Waals surface area contributed by atoms with Gasteiger partial charge in [-0.15, -0.1) is 0 Å². The molecule has 1 aliphatic rings. The number of methoxy groups -OCH3 is 1. The van der Waals surface area contributed by atoms with Crippen LogP contribution < -0.4 is 10.5 Å². The van der Waals surface area contributed by atoms with Gasteiger partial charge < -0.3 is 10.5 Å². The molecule has 0 amide bonds. The van der Waals surface area contributed by atoms with Crippen molar-refractivity contribution < 1.29 is 4.74 Å². The van der Waals surface area contributed by atoms with E-state index in [1.54, 1.807) is 7.11 Å². The van der Waals surface area contributed by atoms with Gasteiger partial charge in [0.25, 0.3) is 0 Å². The lowest BCUT2D eigenvalue weighted by molar-refractivity contribution is 0.0964. The second kappa shape index (κ2) is 7.81. The van der Waals surface area contributed by atoms with Crippen molar-refractivity contribution in [3.8, 4) is 5.75 Å². The molecule has 0 radical (unpaired) electrons. The molecule has 118 valence electrons. The first-order chi connectivity index (χ1) is 10.2. The molecule has 1 aliphatic carbocycles. The van der Waals surface area contributed by atoms with Crippen LogP contribution in [0.3, 0.4) is 0 Å². The summed E-state index contributed by atoms with van der Waals surface area (Å²) >= 11 is 0. The molecule has 2 N–H and O–H groups in total. The van der Waals surface area contributed by atoms with E-state index in [4.69, 9.17) is 10.5 Å². The molecule has 3 unspecified atom stereocenters. The van der Waals surface area contributed by atoms with Crippen LogP contribution in [0.5, 0.6) is 5.75 Å². The highest BCUT2D eigenvalue weighted by molar-refractivity contribution is 5.28. The number of nitrogens with two attached hydrogens (primary N) is 1. The molecule has 21 heavy (non-hydrogen) atoms. The summed E-state index contributed by atoms with van der Waals surface area (Å²) in [6.45, 7) is 4.09. The normalized spacial score (nSPS) is 26.0. The number of hydrogen-bond acceptors (Lipinski definition) is 3. The Labute approximate surface area is 129 Å². The van der Waals surface area contributed by atoms with Gasteiger partial charge in [-0.2, -0.15) is 0 Å². The molecular weight excluding hydrogens is 260 g/mol. The van der Waals surface area contributed by atoms with E-state index in [1.807, 2.05) is 6.07 Å². The summed E-state index contributed by atoms with van der Waals surface area (Å²) in [7, 11) is 3.96. The van der Waals surface area contributed by atoms with Crippen molar-refractivity contribution in [2.45, 2.75) is 45.2 Å². The van der Waals surface area contributed by atoms with Crippen LogP contribution in [-0.2, 0) is 6.54 Å². The van der Waals surface area contributed by atoms with E-state index in [-0.39, 0.29) is 0 Å². The molecule has 0 aliphatic heterocycles. The zero-order chi connectivity index (χ0) is 15.2. The summed E-state index contributed by atoms with van der Waals surface area (Å²) in [4.78, 5) is 2.49. The summed E-state index contributed by atoms with van der Waals surface area (Å²) in [6.07, 6.45) is 5.21. The minimum Gasteiger partial charge on any atom is -0.497 e. The van der Waals surface area contributed by atoms with Crippen LogP contribution in [0.4, 0.5) is 0 Å². The van der Waals surface area contributed by atoms with E-state index in [9.17, 15) is 0 Å². The zero-order valence-electron chi connectivity index (χ0n) is 13.7. The predicted molar refractivity (Wildman–Crippen MR) is 88.4 cm³/mol. The minimum atomic E-state index is 0.611. The van der Waals surface area contributed by atoms with Crippen LogP contribution in [0.1, 0.15) is 38.2 Å². The third-order valence-corrected chi connectivity index (χ3v) is 5.08. The topological polar surface area (TPSA) is 38.5 Å². The lowest BCUT2D eigenvalue weighted by Gasteiger charge is -2.41. The van der Waals surface area contributed by atoms with Gasteiger partial charge in [0.1, 0.15) is 5.75 Å². The summed E-state index contributed by atoms with van der Waals surface area (Å²) in [5.74, 6) is 2.44. The summed E-state index contributed by atoms with van der Waals surface area (Å²) < 4.78 is 5.32. The Kier molecular flexibility index (Phi) is 6.07. The number of benzene rings is 1. The van der Waals surface area contributed by atoms with Gasteiger partial charge in [-0.25, -0.2) is 0 Å². The third kappa shape index (κ3) is 4.21. The highest BCUT2D eigenvalue weighted by Gasteiger charge is 2.31. The summed E-state index contributed by atoms with van der Waals surface area (Å²) in [6, 6.07) is 8.99. The molecule has 0 aromatic heterocycles. The van der Waals surface area contributed by atoms with Crippen LogP contribution in [-0.4, -0.2) is 31.6 Å². The van der Waals surface area contributed by atoms with Gasteiger partial charge in [-0.1, -0.05) is 31.9 Å². The monoisotopic (exact) mass is 290 g/mol. The Hall–Kier alpha value is -1.06. The first kappa shape index (κ1) is 16.3. The van der Waals surface area contributed by atoms with E-state index < -0.39 is 0 Å². The lowest BCUT2D eigenvalue weighted by atomic mass is 9.76. The fraction of sp³-hybridized carbons (Fsp3) is 0.667. The molecular formula is C18H30N2O. The van der Waals surface area contributed by atoms with Crippen molar-refractivity contribution >= 4 is 0 Å². The first-order valence-corrected chi connectivity index (χ1v) is 8.21. The molecule has 3 nitrogen and oxygen atoms in total. The van der Waals surface area contributed by atoms with Crippen molar-refractivity contribution in [1.29, 1.82) is 0 Å². The highest BCUT2D eigenvalue weighted by atomic mass is 16.5. The van der Waals surface area contributed by atoms with Gasteiger partial charge in [0.15, 0.2) is 0 Å². The van der Waals surface area contributed by atoms with E-state index in [0.29, 0.717) is 12.0 Å². The number of hydrogen-bond donors (Lipinski definition) is 1. The molecule has 0 saturated heterocycles. The Morgan fingerprint density at radius 2 is 2.14 bits per heavy atom. The largest absolute Gasteiger partial charge is 0.497 e. The molecule has 1 fully saturated rings. The molecule has 1 saturated carbocycles. The highest BCUT2D eigenvalue weighted by Crippen LogP contribution is 2.33. The summed E-state index contributed by atoms with van der Waals surface area (Å²) in [5, 5.41) is 0. The fourth-order valence-corrected chi connectivity index (χ4v) is 3.66. The van der Waals surface area contributed by atoms with E-state index >= 15 is 0 Å². The Morgan fingerprint density at radius 3 is 2.81 bits per heavy atom. The minimum absolute atomic E-state index is 0.611.